The molecule has 2 atom stereocenters. The fourth-order valence-electron chi connectivity index (χ4n) is 1.75. The third-order valence-corrected chi connectivity index (χ3v) is 2.40. The highest BCUT2D eigenvalue weighted by Crippen LogP contribution is 2.09. The van der Waals surface area contributed by atoms with E-state index < -0.39 is 0 Å². The SMILES string of the molecule is CC(C)[C@@H]1CN(C)C[C@H](C)N1. The molecule has 1 heterocycles. The van der Waals surface area contributed by atoms with Crippen molar-refractivity contribution in [3.05, 3.63) is 0 Å². The molecule has 0 radical (unpaired) electrons. The van der Waals surface area contributed by atoms with Gasteiger partial charge < -0.3 is 10.2 Å². The highest BCUT2D eigenvalue weighted by molar-refractivity contribution is 4.83. The predicted molar refractivity (Wildman–Crippen MR) is 48.7 cm³/mol. The van der Waals surface area contributed by atoms with Crippen LogP contribution < -0.4 is 5.32 Å². The summed E-state index contributed by atoms with van der Waals surface area (Å²) in [6.07, 6.45) is 0. The highest BCUT2D eigenvalue weighted by Gasteiger charge is 2.23. The topological polar surface area (TPSA) is 15.3 Å². The van der Waals surface area contributed by atoms with Crippen LogP contribution in [0.3, 0.4) is 0 Å². The quantitative estimate of drug-likeness (QED) is 0.607. The Labute approximate surface area is 70.0 Å². The van der Waals surface area contributed by atoms with Gasteiger partial charge in [0.05, 0.1) is 0 Å². The van der Waals surface area contributed by atoms with Crippen LogP contribution in [-0.4, -0.2) is 37.1 Å². The number of hydrogen-bond donors (Lipinski definition) is 1. The third-order valence-electron chi connectivity index (χ3n) is 2.40. The van der Waals surface area contributed by atoms with E-state index in [0.717, 1.165) is 5.92 Å². The van der Waals surface area contributed by atoms with Crippen LogP contribution in [0.4, 0.5) is 0 Å². The van der Waals surface area contributed by atoms with Crippen molar-refractivity contribution < 1.29 is 0 Å². The summed E-state index contributed by atoms with van der Waals surface area (Å²) >= 11 is 0. The first-order valence-electron chi connectivity index (χ1n) is 4.54. The summed E-state index contributed by atoms with van der Waals surface area (Å²) < 4.78 is 0. The lowest BCUT2D eigenvalue weighted by Crippen LogP contribution is -2.55. The van der Waals surface area contributed by atoms with Gasteiger partial charge in [-0.05, 0) is 19.9 Å². The lowest BCUT2D eigenvalue weighted by molar-refractivity contribution is 0.172. The number of likely N-dealkylation sites (N-methyl/N-ethyl adjacent to an activating group) is 1. The second-order valence-corrected chi connectivity index (χ2v) is 4.14. The maximum Gasteiger partial charge on any atom is 0.0220 e. The van der Waals surface area contributed by atoms with E-state index in [0.29, 0.717) is 12.1 Å². The first kappa shape index (κ1) is 9.01. The Morgan fingerprint density at radius 2 is 2.00 bits per heavy atom. The summed E-state index contributed by atoms with van der Waals surface area (Å²) in [4.78, 5) is 2.41. The van der Waals surface area contributed by atoms with Crippen molar-refractivity contribution in [1.82, 2.24) is 10.2 Å². The number of piperazine rings is 1. The molecule has 1 aliphatic rings. The number of hydrogen-bond acceptors (Lipinski definition) is 2. The van der Waals surface area contributed by atoms with E-state index in [2.05, 4.69) is 38.0 Å². The Morgan fingerprint density at radius 3 is 2.45 bits per heavy atom. The smallest absolute Gasteiger partial charge is 0.0220 e. The minimum Gasteiger partial charge on any atom is -0.309 e. The average molecular weight is 156 g/mol. The molecule has 0 amide bonds. The lowest BCUT2D eigenvalue weighted by atomic mass is 10.0. The lowest BCUT2D eigenvalue weighted by Gasteiger charge is -2.37. The molecule has 1 rings (SSSR count). The maximum absolute atomic E-state index is 3.60. The van der Waals surface area contributed by atoms with Crippen LogP contribution in [0.15, 0.2) is 0 Å². The summed E-state index contributed by atoms with van der Waals surface area (Å²) in [7, 11) is 2.20. The normalized spacial score (nSPS) is 34.6. The Balaban J connectivity index is 2.43. The predicted octanol–water partition coefficient (Wildman–Crippen LogP) is 0.935. The number of nitrogens with zero attached hydrogens (tertiary/aromatic N) is 1. The zero-order valence-corrected chi connectivity index (χ0v) is 8.09. The minimum atomic E-state index is 0.654. The van der Waals surface area contributed by atoms with E-state index >= 15 is 0 Å². The van der Waals surface area contributed by atoms with Crippen molar-refractivity contribution in [3.8, 4) is 0 Å². The summed E-state index contributed by atoms with van der Waals surface area (Å²) in [6.45, 7) is 9.20. The van der Waals surface area contributed by atoms with E-state index in [1.807, 2.05) is 0 Å². The molecule has 2 heteroatoms. The molecule has 1 aliphatic heterocycles. The molecule has 0 spiro atoms. The van der Waals surface area contributed by atoms with Crippen LogP contribution in [0.5, 0.6) is 0 Å². The first-order valence-corrected chi connectivity index (χ1v) is 4.54. The van der Waals surface area contributed by atoms with Crippen LogP contribution in [0, 0.1) is 5.92 Å². The van der Waals surface area contributed by atoms with E-state index in [1.165, 1.54) is 13.1 Å². The molecule has 1 fully saturated rings. The number of nitrogens with one attached hydrogen (secondary N) is 1. The van der Waals surface area contributed by atoms with Crippen molar-refractivity contribution in [1.29, 1.82) is 0 Å². The van der Waals surface area contributed by atoms with Crippen molar-refractivity contribution in [3.63, 3.8) is 0 Å². The van der Waals surface area contributed by atoms with Crippen molar-refractivity contribution in [2.75, 3.05) is 20.1 Å². The maximum atomic E-state index is 3.60. The van der Waals surface area contributed by atoms with Gasteiger partial charge in [-0.3, -0.25) is 0 Å². The first-order chi connectivity index (χ1) is 5.09. The molecule has 11 heavy (non-hydrogen) atoms. The molecular weight excluding hydrogens is 136 g/mol. The molecule has 0 aliphatic carbocycles. The van der Waals surface area contributed by atoms with Gasteiger partial charge in [-0.2, -0.15) is 0 Å². The van der Waals surface area contributed by atoms with E-state index in [-0.39, 0.29) is 0 Å². The average Bonchev–Trinajstić information content (AvgIpc) is 1.85. The second-order valence-electron chi connectivity index (χ2n) is 4.14. The Hall–Kier alpha value is -0.0800. The van der Waals surface area contributed by atoms with E-state index in [9.17, 15) is 0 Å². The molecule has 0 saturated carbocycles. The molecule has 1 saturated heterocycles. The van der Waals surface area contributed by atoms with Gasteiger partial charge in [-0.1, -0.05) is 13.8 Å². The summed E-state index contributed by atoms with van der Waals surface area (Å²) in [5.74, 6) is 0.750. The second kappa shape index (κ2) is 3.55. The van der Waals surface area contributed by atoms with Gasteiger partial charge in [0.1, 0.15) is 0 Å². The number of rotatable bonds is 1. The van der Waals surface area contributed by atoms with Crippen molar-refractivity contribution in [2.45, 2.75) is 32.9 Å². The minimum absolute atomic E-state index is 0.654. The molecule has 0 aromatic rings. The fourth-order valence-corrected chi connectivity index (χ4v) is 1.75. The molecule has 2 nitrogen and oxygen atoms in total. The summed E-state index contributed by atoms with van der Waals surface area (Å²) in [5.41, 5.74) is 0. The van der Waals surface area contributed by atoms with Crippen LogP contribution in [0.2, 0.25) is 0 Å². The fraction of sp³-hybridized carbons (Fsp3) is 1.00. The van der Waals surface area contributed by atoms with Crippen molar-refractivity contribution >= 4 is 0 Å². The van der Waals surface area contributed by atoms with Gasteiger partial charge >= 0.3 is 0 Å². The molecule has 0 unspecified atom stereocenters. The van der Waals surface area contributed by atoms with Gasteiger partial charge in [0.25, 0.3) is 0 Å². The molecule has 0 aromatic heterocycles. The summed E-state index contributed by atoms with van der Waals surface area (Å²) in [5, 5.41) is 3.60. The summed E-state index contributed by atoms with van der Waals surface area (Å²) in [6, 6.07) is 1.34. The van der Waals surface area contributed by atoms with Gasteiger partial charge in [-0.25, -0.2) is 0 Å². The van der Waals surface area contributed by atoms with Crippen LogP contribution in [0.25, 0.3) is 0 Å². The molecule has 0 aromatic carbocycles. The standard InChI is InChI=1S/C9H20N2/c1-7(2)9-6-11(4)5-8(3)10-9/h7-10H,5-6H2,1-4H3/t8-,9-/m0/s1. The van der Waals surface area contributed by atoms with E-state index in [4.69, 9.17) is 0 Å². The Morgan fingerprint density at radius 1 is 1.36 bits per heavy atom. The molecule has 66 valence electrons. The zero-order valence-electron chi connectivity index (χ0n) is 8.09. The van der Waals surface area contributed by atoms with Gasteiger partial charge in [0, 0.05) is 25.2 Å². The molecule has 0 bridgehead atoms. The Kier molecular flexibility index (Phi) is 2.90. The van der Waals surface area contributed by atoms with Crippen molar-refractivity contribution in [2.24, 2.45) is 5.92 Å². The third kappa shape index (κ3) is 2.46. The van der Waals surface area contributed by atoms with E-state index in [1.54, 1.807) is 0 Å². The monoisotopic (exact) mass is 156 g/mol. The Bertz CT molecular complexity index is 113. The molecule has 1 N–H and O–H groups in total. The molecular formula is C9H20N2. The van der Waals surface area contributed by atoms with Crippen LogP contribution in [0.1, 0.15) is 20.8 Å². The zero-order chi connectivity index (χ0) is 8.43. The largest absolute Gasteiger partial charge is 0.309 e. The van der Waals surface area contributed by atoms with Crippen LogP contribution in [-0.2, 0) is 0 Å². The van der Waals surface area contributed by atoms with Gasteiger partial charge in [-0.15, -0.1) is 0 Å². The van der Waals surface area contributed by atoms with Gasteiger partial charge in [0.2, 0.25) is 0 Å². The van der Waals surface area contributed by atoms with Gasteiger partial charge in [0.15, 0.2) is 0 Å². The highest BCUT2D eigenvalue weighted by atomic mass is 15.2. The van der Waals surface area contributed by atoms with Crippen LogP contribution >= 0.6 is 0 Å².